The SMILES string of the molecule is CCOc1ccc2ncc(S(=O)(=O)c3ccccc3)c(Nc3ccc(C)cc3)c2c1. The molecule has 0 aliphatic carbocycles. The maximum atomic E-state index is 13.4. The Hall–Kier alpha value is -3.38. The van der Waals surface area contributed by atoms with Crippen LogP contribution in [-0.2, 0) is 9.84 Å². The number of rotatable bonds is 6. The van der Waals surface area contributed by atoms with Crippen LogP contribution in [0.25, 0.3) is 10.9 Å². The van der Waals surface area contributed by atoms with Gasteiger partial charge in [0.05, 0.1) is 22.7 Å². The van der Waals surface area contributed by atoms with Gasteiger partial charge in [0.15, 0.2) is 0 Å². The molecule has 0 aliphatic heterocycles. The smallest absolute Gasteiger partial charge is 0.210 e. The standard InChI is InChI=1S/C24H22N2O3S/c1-3-29-19-13-14-22-21(15-19)24(26-18-11-9-17(2)10-12-18)23(16-25-22)30(27,28)20-7-5-4-6-8-20/h4-16H,3H2,1-2H3,(H,25,26). The van der Waals surface area contributed by atoms with Crippen molar-refractivity contribution in [2.45, 2.75) is 23.6 Å². The van der Waals surface area contributed by atoms with E-state index in [9.17, 15) is 8.42 Å². The van der Waals surface area contributed by atoms with Gasteiger partial charge in [-0.2, -0.15) is 0 Å². The lowest BCUT2D eigenvalue weighted by Crippen LogP contribution is -2.07. The third-order valence-corrected chi connectivity index (χ3v) is 6.56. The highest BCUT2D eigenvalue weighted by Crippen LogP contribution is 2.36. The topological polar surface area (TPSA) is 68.3 Å². The van der Waals surface area contributed by atoms with Crippen LogP contribution >= 0.6 is 0 Å². The average molecular weight is 419 g/mol. The molecule has 0 unspecified atom stereocenters. The molecule has 0 radical (unpaired) electrons. The van der Waals surface area contributed by atoms with Crippen molar-refractivity contribution in [2.75, 3.05) is 11.9 Å². The summed E-state index contributed by atoms with van der Waals surface area (Å²) in [5.74, 6) is 0.660. The molecule has 0 amide bonds. The Balaban J connectivity index is 1.95. The molecule has 5 nitrogen and oxygen atoms in total. The fraction of sp³-hybridized carbons (Fsp3) is 0.125. The summed E-state index contributed by atoms with van der Waals surface area (Å²) in [6.45, 7) is 4.43. The molecule has 30 heavy (non-hydrogen) atoms. The van der Waals surface area contributed by atoms with E-state index in [1.54, 1.807) is 30.3 Å². The first-order chi connectivity index (χ1) is 14.5. The largest absolute Gasteiger partial charge is 0.494 e. The molecule has 0 saturated carbocycles. The number of anilines is 2. The summed E-state index contributed by atoms with van der Waals surface area (Å²) in [7, 11) is -3.78. The number of nitrogens with one attached hydrogen (secondary N) is 1. The average Bonchev–Trinajstić information content (AvgIpc) is 2.76. The number of benzene rings is 3. The quantitative estimate of drug-likeness (QED) is 0.447. The molecule has 1 heterocycles. The molecule has 0 spiro atoms. The van der Waals surface area contributed by atoms with E-state index in [-0.39, 0.29) is 9.79 Å². The van der Waals surface area contributed by atoms with Gasteiger partial charge in [-0.15, -0.1) is 0 Å². The summed E-state index contributed by atoms with van der Waals surface area (Å²) in [5.41, 5.74) is 3.07. The summed E-state index contributed by atoms with van der Waals surface area (Å²) in [6.07, 6.45) is 1.42. The van der Waals surface area contributed by atoms with Crippen molar-refractivity contribution in [3.63, 3.8) is 0 Å². The van der Waals surface area contributed by atoms with Crippen LogP contribution in [0.1, 0.15) is 12.5 Å². The van der Waals surface area contributed by atoms with Gasteiger partial charge in [0.25, 0.3) is 0 Å². The summed E-state index contributed by atoms with van der Waals surface area (Å²) >= 11 is 0. The fourth-order valence-electron chi connectivity index (χ4n) is 3.25. The van der Waals surface area contributed by atoms with Crippen LogP contribution in [0.15, 0.2) is 88.8 Å². The third kappa shape index (κ3) is 3.86. The second-order valence-corrected chi connectivity index (χ2v) is 8.84. The number of hydrogen-bond acceptors (Lipinski definition) is 5. The second kappa shape index (κ2) is 8.16. The lowest BCUT2D eigenvalue weighted by atomic mass is 10.1. The Morgan fingerprint density at radius 3 is 2.40 bits per heavy atom. The molecule has 152 valence electrons. The highest BCUT2D eigenvalue weighted by atomic mass is 32.2. The molecule has 1 N–H and O–H groups in total. The van der Waals surface area contributed by atoms with Gasteiger partial charge in [-0.25, -0.2) is 8.42 Å². The molecule has 1 aromatic heterocycles. The van der Waals surface area contributed by atoms with Crippen molar-refractivity contribution in [2.24, 2.45) is 0 Å². The molecule has 6 heteroatoms. The van der Waals surface area contributed by atoms with Gasteiger partial charge >= 0.3 is 0 Å². The van der Waals surface area contributed by atoms with Crippen molar-refractivity contribution in [1.29, 1.82) is 0 Å². The number of nitrogens with zero attached hydrogens (tertiary/aromatic N) is 1. The van der Waals surface area contributed by atoms with Crippen molar-refractivity contribution in [3.8, 4) is 5.75 Å². The van der Waals surface area contributed by atoms with E-state index in [1.165, 1.54) is 6.20 Å². The number of hydrogen-bond donors (Lipinski definition) is 1. The van der Waals surface area contributed by atoms with E-state index in [4.69, 9.17) is 4.74 Å². The van der Waals surface area contributed by atoms with E-state index >= 15 is 0 Å². The summed E-state index contributed by atoms with van der Waals surface area (Å²) in [6, 6.07) is 21.7. The molecular formula is C24H22N2O3S. The van der Waals surface area contributed by atoms with Gasteiger partial charge < -0.3 is 10.1 Å². The lowest BCUT2D eigenvalue weighted by molar-refractivity contribution is 0.340. The minimum absolute atomic E-state index is 0.121. The molecule has 4 aromatic rings. The van der Waals surface area contributed by atoms with Gasteiger partial charge in [0, 0.05) is 17.3 Å². The molecule has 4 rings (SSSR count). The molecule has 0 fully saturated rings. The van der Waals surface area contributed by atoms with Crippen molar-refractivity contribution < 1.29 is 13.2 Å². The van der Waals surface area contributed by atoms with Gasteiger partial charge in [-0.1, -0.05) is 35.9 Å². The predicted molar refractivity (Wildman–Crippen MR) is 119 cm³/mol. The minimum Gasteiger partial charge on any atom is -0.494 e. The van der Waals surface area contributed by atoms with E-state index in [0.717, 1.165) is 11.3 Å². The molecule has 0 atom stereocenters. The number of aryl methyl sites for hydroxylation is 1. The zero-order chi connectivity index (χ0) is 21.1. The summed E-state index contributed by atoms with van der Waals surface area (Å²) in [4.78, 5) is 4.76. The van der Waals surface area contributed by atoms with E-state index in [0.29, 0.717) is 28.9 Å². The first-order valence-corrected chi connectivity index (χ1v) is 11.2. The highest BCUT2D eigenvalue weighted by molar-refractivity contribution is 7.91. The van der Waals surface area contributed by atoms with Crippen LogP contribution in [0.3, 0.4) is 0 Å². The zero-order valence-electron chi connectivity index (χ0n) is 16.8. The lowest BCUT2D eigenvalue weighted by Gasteiger charge is -2.16. The van der Waals surface area contributed by atoms with Crippen LogP contribution in [0, 0.1) is 6.92 Å². The monoisotopic (exact) mass is 418 g/mol. The normalized spacial score (nSPS) is 11.4. The van der Waals surface area contributed by atoms with Crippen molar-refractivity contribution in [1.82, 2.24) is 4.98 Å². The Kier molecular flexibility index (Phi) is 5.42. The number of aromatic nitrogens is 1. The molecular weight excluding hydrogens is 396 g/mol. The number of ether oxygens (including phenoxy) is 1. The molecule has 3 aromatic carbocycles. The second-order valence-electron chi connectivity index (χ2n) is 6.92. The van der Waals surface area contributed by atoms with Crippen LogP contribution in [0.4, 0.5) is 11.4 Å². The first kappa shape index (κ1) is 19.9. The maximum absolute atomic E-state index is 13.4. The van der Waals surface area contributed by atoms with Gasteiger partial charge in [0.1, 0.15) is 10.6 Å². The number of sulfone groups is 1. The third-order valence-electron chi connectivity index (χ3n) is 4.78. The van der Waals surface area contributed by atoms with Crippen LogP contribution in [-0.4, -0.2) is 20.0 Å². The summed E-state index contributed by atoms with van der Waals surface area (Å²) < 4.78 is 32.5. The predicted octanol–water partition coefficient (Wildman–Crippen LogP) is 5.52. The highest BCUT2D eigenvalue weighted by Gasteiger charge is 2.24. The molecule has 0 bridgehead atoms. The Morgan fingerprint density at radius 1 is 0.967 bits per heavy atom. The van der Waals surface area contributed by atoms with Gasteiger partial charge in [-0.05, 0) is 56.3 Å². The maximum Gasteiger partial charge on any atom is 0.210 e. The van der Waals surface area contributed by atoms with Crippen LogP contribution in [0.5, 0.6) is 5.75 Å². The summed E-state index contributed by atoms with van der Waals surface area (Å²) in [5, 5.41) is 3.99. The Labute approximate surface area is 176 Å². The zero-order valence-corrected chi connectivity index (χ0v) is 17.6. The first-order valence-electron chi connectivity index (χ1n) is 9.68. The van der Waals surface area contributed by atoms with Gasteiger partial charge in [0.2, 0.25) is 9.84 Å². The molecule has 0 aliphatic rings. The van der Waals surface area contributed by atoms with E-state index in [1.807, 2.05) is 56.3 Å². The minimum atomic E-state index is -3.78. The van der Waals surface area contributed by atoms with E-state index < -0.39 is 9.84 Å². The number of fused-ring (bicyclic) bond motifs is 1. The number of pyridine rings is 1. The van der Waals surface area contributed by atoms with Crippen LogP contribution < -0.4 is 10.1 Å². The fourth-order valence-corrected chi connectivity index (χ4v) is 4.64. The molecule has 0 saturated heterocycles. The van der Waals surface area contributed by atoms with Crippen LogP contribution in [0.2, 0.25) is 0 Å². The Bertz CT molecular complexity index is 1290. The van der Waals surface area contributed by atoms with Crippen molar-refractivity contribution >= 4 is 32.1 Å². The van der Waals surface area contributed by atoms with E-state index in [2.05, 4.69) is 10.3 Å². The van der Waals surface area contributed by atoms with Crippen molar-refractivity contribution in [3.05, 3.63) is 84.6 Å². The van der Waals surface area contributed by atoms with Gasteiger partial charge in [-0.3, -0.25) is 4.98 Å². The Morgan fingerprint density at radius 2 is 1.70 bits per heavy atom.